The summed E-state index contributed by atoms with van der Waals surface area (Å²) in [6, 6.07) is 4.61. The molecule has 10 nitrogen and oxygen atoms in total. The lowest BCUT2D eigenvalue weighted by molar-refractivity contribution is -0.136. The van der Waals surface area contributed by atoms with Crippen LogP contribution in [0.4, 0.5) is 8.78 Å². The Morgan fingerprint density at radius 1 is 1.09 bits per heavy atom. The first-order valence-corrected chi connectivity index (χ1v) is 15.2. The molecule has 2 N–H and O–H groups in total. The van der Waals surface area contributed by atoms with Crippen LogP contribution in [0.5, 0.6) is 0 Å². The fourth-order valence-electron chi connectivity index (χ4n) is 5.89. The molecule has 1 aromatic carbocycles. The van der Waals surface area contributed by atoms with Gasteiger partial charge in [0.15, 0.2) is 5.82 Å². The van der Waals surface area contributed by atoms with Crippen LogP contribution >= 0.6 is 0 Å². The van der Waals surface area contributed by atoms with Gasteiger partial charge in [0, 0.05) is 38.1 Å². The molecule has 1 fully saturated rings. The zero-order chi connectivity index (χ0) is 31.2. The number of fused-ring (bicyclic) bond motifs is 1. The molecular formula is C32H39F2N7O3. The Labute approximate surface area is 255 Å². The van der Waals surface area contributed by atoms with Crippen molar-refractivity contribution in [3.63, 3.8) is 0 Å². The van der Waals surface area contributed by atoms with Crippen LogP contribution in [0.3, 0.4) is 0 Å². The molecule has 3 atom stereocenters. The van der Waals surface area contributed by atoms with Crippen molar-refractivity contribution >= 4 is 23.5 Å². The lowest BCUT2D eigenvalue weighted by Gasteiger charge is -2.34. The molecule has 0 spiro atoms. The van der Waals surface area contributed by atoms with Gasteiger partial charge < -0.3 is 20.4 Å². The summed E-state index contributed by atoms with van der Waals surface area (Å²) in [5, 5.41) is 5.92. The third kappa shape index (κ3) is 7.29. The summed E-state index contributed by atoms with van der Waals surface area (Å²) in [5.41, 5.74) is 1.89. The zero-order valence-electron chi connectivity index (χ0n) is 25.1. The van der Waals surface area contributed by atoms with Crippen molar-refractivity contribution in [3.8, 4) is 0 Å². The van der Waals surface area contributed by atoms with E-state index in [1.807, 2.05) is 0 Å². The number of rotatable bonds is 11. The van der Waals surface area contributed by atoms with E-state index in [-0.39, 0.29) is 47.6 Å². The molecule has 2 aromatic heterocycles. The van der Waals surface area contributed by atoms with Crippen molar-refractivity contribution in [2.45, 2.75) is 70.0 Å². The molecule has 0 radical (unpaired) electrons. The molecule has 234 valence electrons. The lowest BCUT2D eigenvalue weighted by Crippen LogP contribution is -2.55. The van der Waals surface area contributed by atoms with Gasteiger partial charge in [-0.05, 0) is 82.2 Å². The Morgan fingerprint density at radius 3 is 2.61 bits per heavy atom. The number of carbonyl (C=O) groups is 3. The molecule has 3 aromatic rings. The molecule has 44 heavy (non-hydrogen) atoms. The highest BCUT2D eigenvalue weighted by Gasteiger charge is 2.37. The van der Waals surface area contributed by atoms with Gasteiger partial charge in [-0.15, -0.1) is 0 Å². The van der Waals surface area contributed by atoms with Gasteiger partial charge in [0.05, 0.1) is 12.2 Å². The Balaban J connectivity index is 1.39. The van der Waals surface area contributed by atoms with Gasteiger partial charge >= 0.3 is 0 Å². The van der Waals surface area contributed by atoms with E-state index in [1.54, 1.807) is 35.9 Å². The molecule has 12 heteroatoms. The smallest absolute Gasteiger partial charge is 0.274 e. The van der Waals surface area contributed by atoms with Crippen molar-refractivity contribution in [2.75, 3.05) is 26.7 Å². The van der Waals surface area contributed by atoms with Crippen molar-refractivity contribution in [1.29, 1.82) is 0 Å². The van der Waals surface area contributed by atoms with Crippen molar-refractivity contribution < 1.29 is 23.2 Å². The molecule has 1 saturated heterocycles. The van der Waals surface area contributed by atoms with E-state index < -0.39 is 17.9 Å². The number of benzene rings is 1. The van der Waals surface area contributed by atoms with Gasteiger partial charge in [0.2, 0.25) is 17.6 Å². The SMILES string of the molecule is CNC(C)C(=O)NC(C(=O)N1CCCC1CN(CCc1ccc(F)cc1)C(=O)c1cn2cc(F)cnc2n1)C1=CCCCC1. The number of likely N-dealkylation sites (N-methyl/N-ethyl adjacent to an activating group) is 1. The molecule has 3 heterocycles. The van der Waals surface area contributed by atoms with E-state index in [4.69, 9.17) is 0 Å². The maximum absolute atomic E-state index is 14.1. The topological polar surface area (TPSA) is 112 Å². The summed E-state index contributed by atoms with van der Waals surface area (Å²) in [7, 11) is 1.70. The van der Waals surface area contributed by atoms with Crippen LogP contribution in [0.15, 0.2) is 54.5 Å². The van der Waals surface area contributed by atoms with E-state index in [9.17, 15) is 23.2 Å². The minimum absolute atomic E-state index is 0.108. The first-order valence-electron chi connectivity index (χ1n) is 15.2. The van der Waals surface area contributed by atoms with E-state index in [2.05, 4.69) is 26.7 Å². The second-order valence-corrected chi connectivity index (χ2v) is 11.5. The number of carbonyl (C=O) groups excluding carboxylic acids is 3. The quantitative estimate of drug-likeness (QED) is 0.324. The van der Waals surface area contributed by atoms with Gasteiger partial charge in [-0.1, -0.05) is 18.2 Å². The Morgan fingerprint density at radius 2 is 1.89 bits per heavy atom. The first-order chi connectivity index (χ1) is 21.2. The number of halogens is 2. The van der Waals surface area contributed by atoms with Crippen molar-refractivity contribution in [3.05, 3.63) is 77.4 Å². The maximum atomic E-state index is 14.1. The normalized spacial score (nSPS) is 18.1. The molecule has 3 unspecified atom stereocenters. The Bertz CT molecular complexity index is 1520. The third-order valence-corrected chi connectivity index (χ3v) is 8.52. The summed E-state index contributed by atoms with van der Waals surface area (Å²) in [6.45, 7) is 2.80. The highest BCUT2D eigenvalue weighted by molar-refractivity contribution is 5.93. The van der Waals surface area contributed by atoms with Crippen LogP contribution in [0.2, 0.25) is 0 Å². The fraction of sp³-hybridized carbons (Fsp3) is 0.469. The van der Waals surface area contributed by atoms with E-state index >= 15 is 0 Å². The third-order valence-electron chi connectivity index (χ3n) is 8.52. The number of allylic oxidation sites excluding steroid dienone is 1. The van der Waals surface area contributed by atoms with Crippen LogP contribution in [0, 0.1) is 11.6 Å². The first kappa shape index (κ1) is 31.2. The summed E-state index contributed by atoms with van der Waals surface area (Å²) in [6.07, 6.45) is 11.3. The summed E-state index contributed by atoms with van der Waals surface area (Å²) in [5.74, 6) is -1.50. The number of imidazole rings is 1. The predicted octanol–water partition coefficient (Wildman–Crippen LogP) is 3.28. The van der Waals surface area contributed by atoms with Crippen molar-refractivity contribution in [2.24, 2.45) is 0 Å². The fourth-order valence-corrected chi connectivity index (χ4v) is 5.89. The van der Waals surface area contributed by atoms with Gasteiger partial charge in [0.25, 0.3) is 5.91 Å². The van der Waals surface area contributed by atoms with Gasteiger partial charge in [0.1, 0.15) is 17.6 Å². The maximum Gasteiger partial charge on any atom is 0.274 e. The summed E-state index contributed by atoms with van der Waals surface area (Å²) < 4.78 is 28.7. The molecule has 5 rings (SSSR count). The molecule has 0 saturated carbocycles. The second kappa shape index (κ2) is 14.1. The number of likely N-dealkylation sites (tertiary alicyclic amines) is 1. The van der Waals surface area contributed by atoms with Gasteiger partial charge in [-0.2, -0.15) is 0 Å². The molecule has 1 aliphatic carbocycles. The predicted molar refractivity (Wildman–Crippen MR) is 161 cm³/mol. The van der Waals surface area contributed by atoms with E-state index in [1.165, 1.54) is 28.9 Å². The molecule has 2 aliphatic rings. The minimum atomic E-state index is -0.762. The standard InChI is InChI=1S/C32H39F2N7O3/c1-21(35-2)29(42)38-28(23-7-4-3-5-8-23)31(44)41-15-6-9-26(41)19-39(16-14-22-10-12-24(33)13-11-22)30(43)27-20-40-18-25(34)17-36-32(40)37-27/h7,10-13,17-18,20-21,26,28,35H,3-6,8-9,14-16,19H2,1-2H3,(H,38,42). The van der Waals surface area contributed by atoms with Crippen molar-refractivity contribution in [1.82, 2.24) is 34.8 Å². The van der Waals surface area contributed by atoms with Crippen LogP contribution < -0.4 is 10.6 Å². The highest BCUT2D eigenvalue weighted by Crippen LogP contribution is 2.26. The molecule has 1 aliphatic heterocycles. The van der Waals surface area contributed by atoms with E-state index in [0.717, 1.165) is 49.4 Å². The average molecular weight is 608 g/mol. The Hall–Kier alpha value is -4.19. The number of nitrogens with zero attached hydrogens (tertiary/aromatic N) is 5. The summed E-state index contributed by atoms with van der Waals surface area (Å²) in [4.78, 5) is 52.6. The summed E-state index contributed by atoms with van der Waals surface area (Å²) >= 11 is 0. The van der Waals surface area contributed by atoms with Gasteiger partial charge in [-0.25, -0.2) is 18.7 Å². The molecular weight excluding hydrogens is 568 g/mol. The number of hydrogen-bond donors (Lipinski definition) is 2. The number of hydrogen-bond acceptors (Lipinski definition) is 6. The number of amides is 3. The molecule has 0 bridgehead atoms. The average Bonchev–Trinajstić information content (AvgIpc) is 3.68. The van der Waals surface area contributed by atoms with Gasteiger partial charge in [-0.3, -0.25) is 18.8 Å². The van der Waals surface area contributed by atoms with E-state index in [0.29, 0.717) is 25.9 Å². The monoisotopic (exact) mass is 607 g/mol. The second-order valence-electron chi connectivity index (χ2n) is 11.5. The lowest BCUT2D eigenvalue weighted by atomic mass is 9.92. The number of aromatic nitrogens is 3. The van der Waals surface area contributed by atoms with Crippen LogP contribution in [0.25, 0.3) is 5.78 Å². The largest absolute Gasteiger partial charge is 0.339 e. The van der Waals surface area contributed by atoms with Crippen LogP contribution in [-0.2, 0) is 16.0 Å². The van der Waals surface area contributed by atoms with Crippen LogP contribution in [-0.4, -0.2) is 86.7 Å². The highest BCUT2D eigenvalue weighted by atomic mass is 19.1. The number of nitrogens with one attached hydrogen (secondary N) is 2. The zero-order valence-corrected chi connectivity index (χ0v) is 25.1. The van der Waals surface area contributed by atoms with Crippen LogP contribution in [0.1, 0.15) is 61.5 Å². The Kier molecular flexibility index (Phi) is 9.99. The molecule has 3 amide bonds. The minimum Gasteiger partial charge on any atom is -0.339 e.